The van der Waals surface area contributed by atoms with E-state index in [2.05, 4.69) is 38.2 Å². The lowest BCUT2D eigenvalue weighted by Crippen LogP contribution is -2.40. The van der Waals surface area contributed by atoms with Crippen LogP contribution >= 0.6 is 0 Å². The normalized spacial score (nSPS) is 14.4. The van der Waals surface area contributed by atoms with Crippen molar-refractivity contribution in [1.29, 1.82) is 0 Å². The number of methoxy groups -OCH3 is 1. The lowest BCUT2D eigenvalue weighted by Gasteiger charge is -2.34. The van der Waals surface area contributed by atoms with Gasteiger partial charge in [0.15, 0.2) is 0 Å². The van der Waals surface area contributed by atoms with Crippen molar-refractivity contribution in [3.8, 4) is 0 Å². The average molecular weight is 279 g/mol. The van der Waals surface area contributed by atoms with Gasteiger partial charge in [-0.1, -0.05) is 51.1 Å². The summed E-state index contributed by atoms with van der Waals surface area (Å²) < 4.78 is 11.0. The van der Waals surface area contributed by atoms with Crippen LogP contribution in [-0.4, -0.2) is 33.4 Å². The largest absolute Gasteiger partial charge is 0.383 e. The van der Waals surface area contributed by atoms with E-state index in [0.29, 0.717) is 12.5 Å². The number of benzene rings is 1. The molecule has 0 heterocycles. The van der Waals surface area contributed by atoms with E-state index in [1.165, 1.54) is 5.56 Å². The van der Waals surface area contributed by atoms with Crippen LogP contribution in [-0.2, 0) is 16.1 Å². The van der Waals surface area contributed by atoms with Crippen LogP contribution < -0.4 is 5.32 Å². The highest BCUT2D eigenvalue weighted by Crippen LogP contribution is 2.26. The number of hydrogen-bond donors (Lipinski definition) is 1. The minimum Gasteiger partial charge on any atom is -0.383 e. The van der Waals surface area contributed by atoms with E-state index in [4.69, 9.17) is 9.47 Å². The third kappa shape index (κ3) is 6.04. The minimum atomic E-state index is 0.141. The van der Waals surface area contributed by atoms with E-state index in [-0.39, 0.29) is 5.41 Å². The van der Waals surface area contributed by atoms with Gasteiger partial charge in [0.1, 0.15) is 0 Å². The van der Waals surface area contributed by atoms with Crippen LogP contribution in [0.3, 0.4) is 0 Å². The van der Waals surface area contributed by atoms with Crippen molar-refractivity contribution in [2.75, 3.05) is 33.4 Å². The summed E-state index contributed by atoms with van der Waals surface area (Å²) in [5.41, 5.74) is 1.37. The molecule has 0 spiro atoms. The van der Waals surface area contributed by atoms with E-state index in [1.807, 2.05) is 18.2 Å². The first-order chi connectivity index (χ1) is 9.58. The summed E-state index contributed by atoms with van der Waals surface area (Å²) in [6.45, 7) is 10.8. The van der Waals surface area contributed by atoms with E-state index < -0.39 is 0 Å². The molecule has 1 rings (SSSR count). The first kappa shape index (κ1) is 17.2. The second-order valence-electron chi connectivity index (χ2n) is 5.96. The summed E-state index contributed by atoms with van der Waals surface area (Å²) in [4.78, 5) is 0. The average Bonchev–Trinajstić information content (AvgIpc) is 2.45. The maximum Gasteiger partial charge on any atom is 0.0717 e. The third-order valence-corrected chi connectivity index (χ3v) is 3.95. The summed E-state index contributed by atoms with van der Waals surface area (Å²) in [7, 11) is 1.73. The zero-order valence-corrected chi connectivity index (χ0v) is 13.3. The second kappa shape index (κ2) is 9.11. The zero-order chi connectivity index (χ0) is 14.8. The quantitative estimate of drug-likeness (QED) is 0.668. The Hall–Kier alpha value is -0.900. The molecule has 3 nitrogen and oxygen atoms in total. The molecule has 1 aromatic rings. The van der Waals surface area contributed by atoms with Gasteiger partial charge in [-0.2, -0.15) is 0 Å². The topological polar surface area (TPSA) is 30.5 Å². The number of ether oxygens (including phenoxy) is 2. The SMILES string of the molecule is COCCNCC(C)(COCc1ccccc1)C(C)C. The molecule has 1 atom stereocenters. The van der Waals surface area contributed by atoms with Crippen LogP contribution in [0.15, 0.2) is 30.3 Å². The Morgan fingerprint density at radius 3 is 2.50 bits per heavy atom. The Morgan fingerprint density at radius 2 is 1.90 bits per heavy atom. The fourth-order valence-corrected chi connectivity index (χ4v) is 1.95. The summed E-state index contributed by atoms with van der Waals surface area (Å²) in [5.74, 6) is 0.563. The van der Waals surface area contributed by atoms with Crippen LogP contribution in [0.2, 0.25) is 0 Å². The molecule has 3 heteroatoms. The molecule has 0 aliphatic rings. The Balaban J connectivity index is 2.37. The highest BCUT2D eigenvalue weighted by atomic mass is 16.5. The first-order valence-corrected chi connectivity index (χ1v) is 7.40. The molecule has 0 aliphatic carbocycles. The predicted molar refractivity (Wildman–Crippen MR) is 83.8 cm³/mol. The summed E-state index contributed by atoms with van der Waals surface area (Å²) >= 11 is 0. The highest BCUT2D eigenvalue weighted by Gasteiger charge is 2.28. The number of nitrogens with one attached hydrogen (secondary N) is 1. The fourth-order valence-electron chi connectivity index (χ4n) is 1.95. The van der Waals surface area contributed by atoms with Gasteiger partial charge in [-0.25, -0.2) is 0 Å². The monoisotopic (exact) mass is 279 g/mol. The molecule has 1 unspecified atom stereocenters. The predicted octanol–water partition coefficient (Wildman–Crippen LogP) is 3.10. The van der Waals surface area contributed by atoms with Crippen molar-refractivity contribution >= 4 is 0 Å². The van der Waals surface area contributed by atoms with Gasteiger partial charge >= 0.3 is 0 Å². The smallest absolute Gasteiger partial charge is 0.0717 e. The van der Waals surface area contributed by atoms with Crippen molar-refractivity contribution in [3.63, 3.8) is 0 Å². The van der Waals surface area contributed by atoms with Crippen LogP contribution in [0, 0.1) is 11.3 Å². The third-order valence-electron chi connectivity index (χ3n) is 3.95. The first-order valence-electron chi connectivity index (χ1n) is 7.40. The van der Waals surface area contributed by atoms with Crippen LogP contribution in [0.1, 0.15) is 26.3 Å². The molecular formula is C17H29NO2. The molecule has 0 aromatic heterocycles. The Bertz CT molecular complexity index is 353. The van der Waals surface area contributed by atoms with Gasteiger partial charge in [0.05, 0.1) is 19.8 Å². The van der Waals surface area contributed by atoms with Crippen LogP contribution in [0.4, 0.5) is 0 Å². The number of rotatable bonds is 10. The molecule has 0 amide bonds. The molecule has 114 valence electrons. The summed E-state index contributed by atoms with van der Waals surface area (Å²) in [6, 6.07) is 10.3. The standard InChI is InChI=1S/C17H29NO2/c1-15(2)17(3,13-18-10-11-19-4)14-20-12-16-8-6-5-7-9-16/h5-9,15,18H,10-14H2,1-4H3. The van der Waals surface area contributed by atoms with E-state index in [9.17, 15) is 0 Å². The summed E-state index contributed by atoms with van der Waals surface area (Å²) in [6.07, 6.45) is 0. The molecule has 0 aliphatic heterocycles. The fraction of sp³-hybridized carbons (Fsp3) is 0.647. The molecule has 0 saturated carbocycles. The molecule has 1 N–H and O–H groups in total. The maximum absolute atomic E-state index is 5.93. The van der Waals surface area contributed by atoms with Gasteiger partial charge in [0.2, 0.25) is 0 Å². The Morgan fingerprint density at radius 1 is 1.20 bits per heavy atom. The lowest BCUT2D eigenvalue weighted by atomic mass is 9.80. The highest BCUT2D eigenvalue weighted by molar-refractivity contribution is 5.13. The van der Waals surface area contributed by atoms with Crippen molar-refractivity contribution < 1.29 is 9.47 Å². The van der Waals surface area contributed by atoms with Crippen molar-refractivity contribution in [2.24, 2.45) is 11.3 Å². The molecule has 0 radical (unpaired) electrons. The number of hydrogen-bond acceptors (Lipinski definition) is 3. The Labute approximate surface area is 123 Å². The van der Waals surface area contributed by atoms with Crippen LogP contribution in [0.25, 0.3) is 0 Å². The van der Waals surface area contributed by atoms with Gasteiger partial charge in [-0.05, 0) is 11.5 Å². The summed E-state index contributed by atoms with van der Waals surface area (Å²) in [5, 5.41) is 3.45. The second-order valence-corrected chi connectivity index (χ2v) is 5.96. The van der Waals surface area contributed by atoms with Crippen molar-refractivity contribution in [3.05, 3.63) is 35.9 Å². The molecule has 0 saturated heterocycles. The molecule has 20 heavy (non-hydrogen) atoms. The van der Waals surface area contributed by atoms with Crippen molar-refractivity contribution in [1.82, 2.24) is 5.32 Å². The molecular weight excluding hydrogens is 250 g/mol. The zero-order valence-electron chi connectivity index (χ0n) is 13.3. The molecule has 0 bridgehead atoms. The van der Waals surface area contributed by atoms with Crippen LogP contribution in [0.5, 0.6) is 0 Å². The van der Waals surface area contributed by atoms with Gasteiger partial charge < -0.3 is 14.8 Å². The van der Waals surface area contributed by atoms with Gasteiger partial charge in [0.25, 0.3) is 0 Å². The van der Waals surface area contributed by atoms with Gasteiger partial charge in [-0.15, -0.1) is 0 Å². The van der Waals surface area contributed by atoms with E-state index in [0.717, 1.165) is 26.3 Å². The van der Waals surface area contributed by atoms with Gasteiger partial charge in [-0.3, -0.25) is 0 Å². The molecule has 1 aromatic carbocycles. The van der Waals surface area contributed by atoms with Gasteiger partial charge in [0, 0.05) is 25.6 Å². The molecule has 0 fully saturated rings. The maximum atomic E-state index is 5.93. The van der Waals surface area contributed by atoms with Crippen molar-refractivity contribution in [2.45, 2.75) is 27.4 Å². The lowest BCUT2D eigenvalue weighted by molar-refractivity contribution is 0.0167. The Kier molecular flexibility index (Phi) is 7.82. The minimum absolute atomic E-state index is 0.141. The van der Waals surface area contributed by atoms with E-state index in [1.54, 1.807) is 7.11 Å². The van der Waals surface area contributed by atoms with E-state index >= 15 is 0 Å².